The molecule has 0 aromatic carbocycles. The number of carbonyl (C=O) groups is 1. The molecule has 2 unspecified atom stereocenters. The summed E-state index contributed by atoms with van der Waals surface area (Å²) in [7, 11) is 0. The molecule has 24 heavy (non-hydrogen) atoms. The van der Waals surface area contributed by atoms with E-state index in [2.05, 4.69) is 19.1 Å². The second-order valence-corrected chi connectivity index (χ2v) is 6.46. The molecule has 0 aliphatic carbocycles. The first-order valence-electron chi connectivity index (χ1n) is 9.78. The molecule has 0 bridgehead atoms. The minimum absolute atomic E-state index is 0.0886. The van der Waals surface area contributed by atoms with E-state index < -0.39 is 12.1 Å². The van der Waals surface area contributed by atoms with Crippen molar-refractivity contribution in [2.45, 2.75) is 103 Å². The number of aliphatic hydroxyl groups is 1. The Morgan fingerprint density at radius 1 is 1.00 bits per heavy atom. The van der Waals surface area contributed by atoms with Crippen LogP contribution in [0.25, 0.3) is 0 Å². The van der Waals surface area contributed by atoms with E-state index in [1.165, 1.54) is 19.3 Å². The summed E-state index contributed by atoms with van der Waals surface area (Å²) in [4.78, 5) is 10.4. The largest absolute Gasteiger partial charge is 0.481 e. The lowest BCUT2D eigenvalue weighted by atomic mass is 10.0. The maximum absolute atomic E-state index is 10.4. The number of aliphatic hydroxyl groups excluding tert-OH is 1. The summed E-state index contributed by atoms with van der Waals surface area (Å²) in [6.07, 6.45) is 15.2. The molecule has 2 N–H and O–H groups in total. The highest BCUT2D eigenvalue weighted by atomic mass is 16.5. The van der Waals surface area contributed by atoms with Crippen molar-refractivity contribution in [3.8, 4) is 0 Å². The third-order valence-electron chi connectivity index (χ3n) is 4.21. The Labute approximate surface area is 148 Å². The highest BCUT2D eigenvalue weighted by Gasteiger charge is 2.17. The fraction of sp³-hybridized carbons (Fsp3) is 0.850. The van der Waals surface area contributed by atoms with Crippen LogP contribution >= 0.6 is 0 Å². The van der Waals surface area contributed by atoms with Gasteiger partial charge < -0.3 is 14.9 Å². The highest BCUT2D eigenvalue weighted by molar-refractivity contribution is 5.66. The van der Waals surface area contributed by atoms with Crippen LogP contribution in [0, 0.1) is 0 Å². The van der Waals surface area contributed by atoms with Gasteiger partial charge in [0.25, 0.3) is 0 Å². The average molecular weight is 343 g/mol. The summed E-state index contributed by atoms with van der Waals surface area (Å²) in [6, 6.07) is 0. The molecule has 0 aliphatic heterocycles. The smallest absolute Gasteiger partial charge is 0.303 e. The standard InChI is InChI=1S/C20H38O4/c1-3-5-6-7-9-12-15-18(21)19(24-4-2)16-13-10-8-11-14-17-20(22)23/h9,12,18-19,21H,3-8,10-11,13-17H2,1-2H3,(H,22,23)/b12-9+. The maximum Gasteiger partial charge on any atom is 0.303 e. The minimum Gasteiger partial charge on any atom is -0.481 e. The molecule has 0 saturated carbocycles. The number of carboxylic acids is 1. The number of aliphatic carboxylic acids is 1. The van der Waals surface area contributed by atoms with Crippen LogP contribution in [-0.4, -0.2) is 35.0 Å². The van der Waals surface area contributed by atoms with Gasteiger partial charge in [-0.15, -0.1) is 0 Å². The zero-order valence-corrected chi connectivity index (χ0v) is 15.7. The van der Waals surface area contributed by atoms with E-state index in [0.29, 0.717) is 13.0 Å². The van der Waals surface area contributed by atoms with Crippen molar-refractivity contribution in [1.82, 2.24) is 0 Å². The number of hydrogen-bond acceptors (Lipinski definition) is 3. The van der Waals surface area contributed by atoms with E-state index >= 15 is 0 Å². The van der Waals surface area contributed by atoms with Gasteiger partial charge in [-0.25, -0.2) is 0 Å². The molecule has 4 nitrogen and oxygen atoms in total. The van der Waals surface area contributed by atoms with Crippen LogP contribution in [0.3, 0.4) is 0 Å². The average Bonchev–Trinajstić information content (AvgIpc) is 2.55. The lowest BCUT2D eigenvalue weighted by Crippen LogP contribution is -2.28. The Bertz CT molecular complexity index is 315. The predicted octanol–water partition coefficient (Wildman–Crippen LogP) is 5.09. The lowest BCUT2D eigenvalue weighted by molar-refractivity contribution is -0.137. The van der Waals surface area contributed by atoms with Crippen molar-refractivity contribution in [3.05, 3.63) is 12.2 Å². The normalized spacial score (nSPS) is 14.1. The molecular formula is C20H38O4. The molecule has 0 rings (SSSR count). The molecule has 0 heterocycles. The van der Waals surface area contributed by atoms with E-state index in [0.717, 1.165) is 44.9 Å². The summed E-state index contributed by atoms with van der Waals surface area (Å²) in [5, 5.41) is 18.9. The molecule has 0 aliphatic rings. The molecule has 0 aromatic heterocycles. The topological polar surface area (TPSA) is 66.8 Å². The first-order valence-corrected chi connectivity index (χ1v) is 9.78. The number of ether oxygens (including phenoxy) is 1. The summed E-state index contributed by atoms with van der Waals surface area (Å²) >= 11 is 0. The lowest BCUT2D eigenvalue weighted by Gasteiger charge is -2.22. The van der Waals surface area contributed by atoms with E-state index in [1.807, 2.05) is 6.92 Å². The van der Waals surface area contributed by atoms with Crippen molar-refractivity contribution < 1.29 is 19.7 Å². The van der Waals surface area contributed by atoms with Gasteiger partial charge in [-0.3, -0.25) is 4.79 Å². The van der Waals surface area contributed by atoms with Crippen molar-refractivity contribution >= 4 is 5.97 Å². The second-order valence-electron chi connectivity index (χ2n) is 6.46. The van der Waals surface area contributed by atoms with Gasteiger partial charge in [0.05, 0.1) is 12.2 Å². The van der Waals surface area contributed by atoms with Crippen LogP contribution in [-0.2, 0) is 9.53 Å². The SMILES string of the molecule is CCCCC/C=C/CC(O)C(CCCCCCCC(=O)O)OCC. The molecule has 0 spiro atoms. The molecule has 0 fully saturated rings. The zero-order valence-electron chi connectivity index (χ0n) is 15.7. The van der Waals surface area contributed by atoms with E-state index in [-0.39, 0.29) is 12.5 Å². The van der Waals surface area contributed by atoms with Crippen molar-refractivity contribution in [1.29, 1.82) is 0 Å². The van der Waals surface area contributed by atoms with Crippen LogP contribution in [0.2, 0.25) is 0 Å². The first kappa shape index (κ1) is 23.1. The highest BCUT2D eigenvalue weighted by Crippen LogP contribution is 2.15. The Balaban J connectivity index is 3.82. The van der Waals surface area contributed by atoms with E-state index in [1.54, 1.807) is 0 Å². The molecule has 142 valence electrons. The molecule has 0 amide bonds. The number of unbranched alkanes of at least 4 members (excludes halogenated alkanes) is 7. The molecule has 4 heteroatoms. The van der Waals surface area contributed by atoms with Gasteiger partial charge in [0.1, 0.15) is 0 Å². The van der Waals surface area contributed by atoms with Crippen LogP contribution in [0.15, 0.2) is 12.2 Å². The zero-order chi connectivity index (χ0) is 18.0. The van der Waals surface area contributed by atoms with Crippen LogP contribution in [0.4, 0.5) is 0 Å². The predicted molar refractivity (Wildman–Crippen MR) is 99.3 cm³/mol. The van der Waals surface area contributed by atoms with Crippen molar-refractivity contribution in [3.63, 3.8) is 0 Å². The third-order valence-corrected chi connectivity index (χ3v) is 4.21. The molecule has 0 saturated heterocycles. The number of allylic oxidation sites excluding steroid dienone is 1. The Hall–Kier alpha value is -0.870. The monoisotopic (exact) mass is 342 g/mol. The fourth-order valence-electron chi connectivity index (χ4n) is 2.77. The van der Waals surface area contributed by atoms with Gasteiger partial charge in [-0.1, -0.05) is 57.6 Å². The Kier molecular flexibility index (Phi) is 16.4. The van der Waals surface area contributed by atoms with E-state index in [4.69, 9.17) is 9.84 Å². The number of hydrogen-bond donors (Lipinski definition) is 2. The Morgan fingerprint density at radius 3 is 2.38 bits per heavy atom. The van der Waals surface area contributed by atoms with Crippen LogP contribution < -0.4 is 0 Å². The molecule has 2 atom stereocenters. The summed E-state index contributed by atoms with van der Waals surface area (Å²) in [5.74, 6) is -0.711. The van der Waals surface area contributed by atoms with Gasteiger partial charge in [-0.2, -0.15) is 0 Å². The van der Waals surface area contributed by atoms with Gasteiger partial charge >= 0.3 is 5.97 Å². The second kappa shape index (κ2) is 17.0. The van der Waals surface area contributed by atoms with Gasteiger partial charge in [0, 0.05) is 13.0 Å². The first-order chi connectivity index (χ1) is 11.6. The van der Waals surface area contributed by atoms with Crippen LogP contribution in [0.1, 0.15) is 90.9 Å². The summed E-state index contributed by atoms with van der Waals surface area (Å²) in [5.41, 5.74) is 0. The fourth-order valence-corrected chi connectivity index (χ4v) is 2.77. The van der Waals surface area contributed by atoms with Crippen molar-refractivity contribution in [2.75, 3.05) is 6.61 Å². The van der Waals surface area contributed by atoms with Gasteiger partial charge in [0.15, 0.2) is 0 Å². The number of carboxylic acid groups (broad SMARTS) is 1. The quantitative estimate of drug-likeness (QED) is 0.285. The third kappa shape index (κ3) is 14.7. The molecular weight excluding hydrogens is 304 g/mol. The molecule has 0 aromatic rings. The Morgan fingerprint density at radius 2 is 1.71 bits per heavy atom. The maximum atomic E-state index is 10.4. The van der Waals surface area contributed by atoms with Gasteiger partial charge in [0.2, 0.25) is 0 Å². The molecule has 0 radical (unpaired) electrons. The number of rotatable bonds is 17. The summed E-state index contributed by atoms with van der Waals surface area (Å²) in [6.45, 7) is 4.79. The van der Waals surface area contributed by atoms with Crippen LogP contribution in [0.5, 0.6) is 0 Å². The van der Waals surface area contributed by atoms with E-state index in [9.17, 15) is 9.90 Å². The summed E-state index contributed by atoms with van der Waals surface area (Å²) < 4.78 is 5.70. The van der Waals surface area contributed by atoms with Gasteiger partial charge in [-0.05, 0) is 39.0 Å². The van der Waals surface area contributed by atoms with Crippen molar-refractivity contribution in [2.24, 2.45) is 0 Å². The minimum atomic E-state index is -0.711.